The van der Waals surface area contributed by atoms with Crippen LogP contribution in [0, 0.1) is 6.92 Å². The number of rotatable bonds is 3. The molecular formula is C13H12BrClO2. The highest BCUT2D eigenvalue weighted by Gasteiger charge is 2.14. The Kier molecular flexibility index (Phi) is 3.79. The molecule has 2 rings (SSSR count). The van der Waals surface area contributed by atoms with Crippen LogP contribution in [0.5, 0.6) is 5.75 Å². The van der Waals surface area contributed by atoms with Gasteiger partial charge in [-0.15, -0.1) is 11.6 Å². The van der Waals surface area contributed by atoms with Crippen molar-refractivity contribution in [1.29, 1.82) is 0 Å². The van der Waals surface area contributed by atoms with E-state index in [0.29, 0.717) is 0 Å². The van der Waals surface area contributed by atoms with Gasteiger partial charge in [0.05, 0.1) is 23.2 Å². The fraction of sp³-hybridized carbons (Fsp3) is 0.231. The van der Waals surface area contributed by atoms with E-state index in [4.69, 9.17) is 20.8 Å². The van der Waals surface area contributed by atoms with Gasteiger partial charge in [0.15, 0.2) is 0 Å². The lowest BCUT2D eigenvalue weighted by Crippen LogP contribution is -1.92. The molecule has 0 spiro atoms. The monoisotopic (exact) mass is 314 g/mol. The molecule has 0 aliphatic rings. The summed E-state index contributed by atoms with van der Waals surface area (Å²) >= 11 is 9.84. The van der Waals surface area contributed by atoms with E-state index in [-0.39, 0.29) is 5.38 Å². The maximum atomic E-state index is 6.39. The topological polar surface area (TPSA) is 22.4 Å². The molecule has 0 radical (unpaired) electrons. The Balaban J connectivity index is 2.31. The van der Waals surface area contributed by atoms with Crippen LogP contribution in [0.15, 0.2) is 39.4 Å². The molecule has 1 heterocycles. The van der Waals surface area contributed by atoms with Crippen LogP contribution < -0.4 is 4.74 Å². The average Bonchev–Trinajstić information content (AvgIpc) is 2.75. The number of halogens is 2. The van der Waals surface area contributed by atoms with Gasteiger partial charge in [0.2, 0.25) is 0 Å². The normalized spacial score (nSPS) is 12.5. The summed E-state index contributed by atoms with van der Waals surface area (Å²) in [6.45, 7) is 1.90. The van der Waals surface area contributed by atoms with Crippen LogP contribution >= 0.6 is 27.5 Å². The predicted molar refractivity (Wildman–Crippen MR) is 71.8 cm³/mol. The highest BCUT2D eigenvalue weighted by atomic mass is 79.9. The van der Waals surface area contributed by atoms with E-state index in [9.17, 15) is 0 Å². The third-order valence-electron chi connectivity index (χ3n) is 2.51. The zero-order valence-electron chi connectivity index (χ0n) is 9.54. The summed E-state index contributed by atoms with van der Waals surface area (Å²) in [5.74, 6) is 1.65. The van der Waals surface area contributed by atoms with Crippen molar-refractivity contribution in [2.45, 2.75) is 12.3 Å². The van der Waals surface area contributed by atoms with Crippen LogP contribution in [0.25, 0.3) is 0 Å². The van der Waals surface area contributed by atoms with Crippen molar-refractivity contribution in [3.8, 4) is 5.75 Å². The maximum Gasteiger partial charge on any atom is 0.133 e. The van der Waals surface area contributed by atoms with Gasteiger partial charge in [0.1, 0.15) is 11.5 Å². The molecule has 2 nitrogen and oxygen atoms in total. The van der Waals surface area contributed by atoms with Crippen molar-refractivity contribution in [1.82, 2.24) is 0 Å². The van der Waals surface area contributed by atoms with E-state index in [1.807, 2.05) is 31.2 Å². The minimum Gasteiger partial charge on any atom is -0.496 e. The molecule has 0 fully saturated rings. The first-order valence-corrected chi connectivity index (χ1v) is 6.37. The Morgan fingerprint density at radius 3 is 2.59 bits per heavy atom. The van der Waals surface area contributed by atoms with Crippen LogP contribution in [-0.4, -0.2) is 7.11 Å². The largest absolute Gasteiger partial charge is 0.496 e. The molecule has 90 valence electrons. The first-order chi connectivity index (χ1) is 8.11. The summed E-state index contributed by atoms with van der Waals surface area (Å²) in [6, 6.07) is 7.74. The van der Waals surface area contributed by atoms with Crippen molar-refractivity contribution in [3.63, 3.8) is 0 Å². The second-order valence-electron chi connectivity index (χ2n) is 3.75. The molecule has 2 aromatic rings. The summed E-state index contributed by atoms with van der Waals surface area (Å²) < 4.78 is 11.3. The molecule has 0 aliphatic carbocycles. The van der Waals surface area contributed by atoms with Gasteiger partial charge in [0, 0.05) is 5.56 Å². The lowest BCUT2D eigenvalue weighted by Gasteiger charge is -2.10. The molecule has 1 atom stereocenters. The zero-order chi connectivity index (χ0) is 12.4. The van der Waals surface area contributed by atoms with Gasteiger partial charge in [-0.25, -0.2) is 0 Å². The van der Waals surface area contributed by atoms with Gasteiger partial charge in [-0.1, -0.05) is 6.07 Å². The molecule has 1 aromatic carbocycles. The van der Waals surface area contributed by atoms with Crippen molar-refractivity contribution < 1.29 is 9.15 Å². The number of hydrogen-bond donors (Lipinski definition) is 0. The first-order valence-electron chi connectivity index (χ1n) is 5.14. The second kappa shape index (κ2) is 5.15. The third-order valence-corrected chi connectivity index (χ3v) is 3.64. The molecule has 17 heavy (non-hydrogen) atoms. The number of hydrogen-bond acceptors (Lipinski definition) is 2. The number of methoxy groups -OCH3 is 1. The first kappa shape index (κ1) is 12.5. The molecule has 1 unspecified atom stereocenters. The molecule has 0 saturated heterocycles. The lowest BCUT2D eigenvalue weighted by molar-refractivity contribution is 0.412. The fourth-order valence-corrected chi connectivity index (χ4v) is 2.44. The molecular weight excluding hydrogens is 303 g/mol. The molecule has 1 aromatic heterocycles. The average molecular weight is 316 g/mol. The van der Waals surface area contributed by atoms with Crippen molar-refractivity contribution in [3.05, 3.63) is 51.9 Å². The van der Waals surface area contributed by atoms with Gasteiger partial charge >= 0.3 is 0 Å². The molecule has 0 aliphatic heterocycles. The zero-order valence-corrected chi connectivity index (χ0v) is 11.9. The minimum absolute atomic E-state index is 0.213. The summed E-state index contributed by atoms with van der Waals surface area (Å²) in [5, 5.41) is -0.213. The van der Waals surface area contributed by atoms with Crippen molar-refractivity contribution in [2.24, 2.45) is 0 Å². The predicted octanol–water partition coefficient (Wildman–Crippen LogP) is 4.69. The van der Waals surface area contributed by atoms with Crippen LogP contribution in [0.1, 0.15) is 22.3 Å². The van der Waals surface area contributed by atoms with Crippen LogP contribution in [-0.2, 0) is 0 Å². The Hall–Kier alpha value is -0.930. The van der Waals surface area contributed by atoms with Gasteiger partial charge in [-0.3, -0.25) is 0 Å². The second-order valence-corrected chi connectivity index (χ2v) is 5.04. The Labute approximate surface area is 114 Å². The van der Waals surface area contributed by atoms with Crippen molar-refractivity contribution in [2.75, 3.05) is 7.11 Å². The summed E-state index contributed by atoms with van der Waals surface area (Å²) in [5.41, 5.74) is 1.96. The van der Waals surface area contributed by atoms with Gasteiger partial charge in [0.25, 0.3) is 0 Å². The summed E-state index contributed by atoms with van der Waals surface area (Å²) in [7, 11) is 1.64. The standard InChI is InChI=1S/C13H12BrClO2/c1-8-5-10(7-17-8)13(15)9-3-4-12(16-2)11(14)6-9/h3-7,13H,1-2H3. The highest BCUT2D eigenvalue weighted by molar-refractivity contribution is 9.10. The number of furan rings is 1. The molecule has 0 N–H and O–H groups in total. The van der Waals surface area contributed by atoms with Crippen LogP contribution in [0.3, 0.4) is 0 Å². The Morgan fingerprint density at radius 2 is 2.06 bits per heavy atom. The van der Waals surface area contributed by atoms with Gasteiger partial charge < -0.3 is 9.15 Å². The maximum absolute atomic E-state index is 6.39. The molecule has 0 bridgehead atoms. The Bertz CT molecular complexity index is 522. The lowest BCUT2D eigenvalue weighted by atomic mass is 10.1. The number of alkyl halides is 1. The van der Waals surface area contributed by atoms with E-state index in [1.165, 1.54) is 0 Å². The third kappa shape index (κ3) is 2.67. The minimum atomic E-state index is -0.213. The van der Waals surface area contributed by atoms with E-state index < -0.39 is 0 Å². The summed E-state index contributed by atoms with van der Waals surface area (Å²) in [6.07, 6.45) is 1.69. The smallest absolute Gasteiger partial charge is 0.133 e. The van der Waals surface area contributed by atoms with E-state index in [0.717, 1.165) is 27.1 Å². The quantitative estimate of drug-likeness (QED) is 0.767. The van der Waals surface area contributed by atoms with Crippen molar-refractivity contribution >= 4 is 27.5 Å². The van der Waals surface area contributed by atoms with E-state index >= 15 is 0 Å². The van der Waals surface area contributed by atoms with Gasteiger partial charge in [-0.2, -0.15) is 0 Å². The molecule has 0 amide bonds. The Morgan fingerprint density at radius 1 is 1.29 bits per heavy atom. The SMILES string of the molecule is COc1ccc(C(Cl)c2coc(C)c2)cc1Br. The van der Waals surface area contributed by atoms with Crippen LogP contribution in [0.4, 0.5) is 0 Å². The molecule has 0 saturated carbocycles. The molecule has 4 heteroatoms. The number of ether oxygens (including phenoxy) is 1. The van der Waals surface area contributed by atoms with Gasteiger partial charge in [-0.05, 0) is 46.6 Å². The fourth-order valence-electron chi connectivity index (χ4n) is 1.63. The van der Waals surface area contributed by atoms with E-state index in [1.54, 1.807) is 13.4 Å². The number of benzene rings is 1. The van der Waals surface area contributed by atoms with E-state index in [2.05, 4.69) is 15.9 Å². The number of aryl methyl sites for hydroxylation is 1. The van der Waals surface area contributed by atoms with Crippen LogP contribution in [0.2, 0.25) is 0 Å². The highest BCUT2D eigenvalue weighted by Crippen LogP contribution is 2.34. The summed E-state index contributed by atoms with van der Waals surface area (Å²) in [4.78, 5) is 0.